The fraction of sp³-hybridized carbons (Fsp3) is 0.583. The van der Waals surface area contributed by atoms with Gasteiger partial charge in [-0.15, -0.1) is 0 Å². The van der Waals surface area contributed by atoms with Gasteiger partial charge in [0.05, 0.1) is 18.7 Å². The Hall–Kier alpha value is -1.69. The Labute approximate surface area is 103 Å². The van der Waals surface area contributed by atoms with Crippen molar-refractivity contribution in [2.45, 2.75) is 25.2 Å². The standard InChI is InChI=1S/C12H13N3O3/c1-3-17-14-8(1)5-10-13-11(18-15-10)9-6-12(9)2-4-16-7-12/h1,3,9H,2,4-7H2. The van der Waals surface area contributed by atoms with Crippen LogP contribution >= 0.6 is 0 Å². The Morgan fingerprint density at radius 2 is 2.39 bits per heavy atom. The molecular weight excluding hydrogens is 234 g/mol. The van der Waals surface area contributed by atoms with E-state index in [9.17, 15) is 0 Å². The molecule has 4 rings (SSSR count). The molecule has 0 N–H and O–H groups in total. The summed E-state index contributed by atoms with van der Waals surface area (Å²) in [4.78, 5) is 4.45. The fourth-order valence-electron chi connectivity index (χ4n) is 2.73. The maximum absolute atomic E-state index is 5.45. The molecule has 6 nitrogen and oxygen atoms in total. The van der Waals surface area contributed by atoms with Crippen LogP contribution in [-0.2, 0) is 11.2 Å². The van der Waals surface area contributed by atoms with Crippen LogP contribution < -0.4 is 0 Å². The Balaban J connectivity index is 1.49. The maximum atomic E-state index is 5.45. The molecule has 2 aromatic heterocycles. The second-order valence-electron chi connectivity index (χ2n) is 5.14. The van der Waals surface area contributed by atoms with Gasteiger partial charge in [-0.05, 0) is 12.8 Å². The third kappa shape index (κ3) is 1.56. The number of nitrogens with zero attached hydrogens (tertiary/aromatic N) is 3. The van der Waals surface area contributed by atoms with Gasteiger partial charge in [-0.1, -0.05) is 10.3 Å². The minimum atomic E-state index is 0.289. The Morgan fingerprint density at radius 3 is 3.17 bits per heavy atom. The van der Waals surface area contributed by atoms with Crippen molar-refractivity contribution >= 4 is 0 Å². The second-order valence-corrected chi connectivity index (χ2v) is 5.14. The van der Waals surface area contributed by atoms with Crippen molar-refractivity contribution in [3.05, 3.63) is 29.7 Å². The highest BCUT2D eigenvalue weighted by atomic mass is 16.5. The third-order valence-electron chi connectivity index (χ3n) is 3.94. The number of aromatic nitrogens is 3. The predicted octanol–water partition coefficient (Wildman–Crippen LogP) is 1.54. The lowest BCUT2D eigenvalue weighted by Gasteiger charge is -2.01. The first-order valence-electron chi connectivity index (χ1n) is 6.15. The van der Waals surface area contributed by atoms with Crippen molar-refractivity contribution < 1.29 is 13.8 Å². The first kappa shape index (κ1) is 10.3. The topological polar surface area (TPSA) is 74.2 Å². The summed E-state index contributed by atoms with van der Waals surface area (Å²) in [6.45, 7) is 1.69. The molecule has 1 saturated carbocycles. The van der Waals surface area contributed by atoms with E-state index in [4.69, 9.17) is 13.8 Å². The van der Waals surface area contributed by atoms with Gasteiger partial charge in [0, 0.05) is 24.0 Å². The predicted molar refractivity (Wildman–Crippen MR) is 58.8 cm³/mol. The van der Waals surface area contributed by atoms with Gasteiger partial charge >= 0.3 is 0 Å². The first-order valence-corrected chi connectivity index (χ1v) is 6.15. The molecule has 2 unspecified atom stereocenters. The van der Waals surface area contributed by atoms with Crippen LogP contribution in [0, 0.1) is 5.41 Å². The highest BCUT2D eigenvalue weighted by molar-refractivity contribution is 5.18. The molecule has 2 atom stereocenters. The summed E-state index contributed by atoms with van der Waals surface area (Å²) in [5.41, 5.74) is 1.11. The summed E-state index contributed by atoms with van der Waals surface area (Å²) >= 11 is 0. The monoisotopic (exact) mass is 247 g/mol. The lowest BCUT2D eigenvalue weighted by molar-refractivity contribution is 0.179. The molecule has 2 aromatic rings. The van der Waals surface area contributed by atoms with E-state index in [0.717, 1.165) is 37.6 Å². The van der Waals surface area contributed by atoms with E-state index in [2.05, 4.69) is 15.3 Å². The van der Waals surface area contributed by atoms with Gasteiger partial charge in [0.25, 0.3) is 0 Å². The smallest absolute Gasteiger partial charge is 0.230 e. The van der Waals surface area contributed by atoms with Crippen molar-refractivity contribution in [1.82, 2.24) is 15.3 Å². The van der Waals surface area contributed by atoms with Gasteiger partial charge in [-0.25, -0.2) is 0 Å². The lowest BCUT2D eigenvalue weighted by Crippen LogP contribution is -2.02. The molecule has 0 amide bonds. The van der Waals surface area contributed by atoms with Crippen LogP contribution in [0.15, 0.2) is 21.4 Å². The zero-order valence-corrected chi connectivity index (χ0v) is 9.83. The number of hydrogen-bond donors (Lipinski definition) is 0. The number of ether oxygens (including phenoxy) is 1. The number of rotatable bonds is 3. The Morgan fingerprint density at radius 1 is 1.39 bits per heavy atom. The number of hydrogen-bond acceptors (Lipinski definition) is 6. The van der Waals surface area contributed by atoms with Crippen LogP contribution in [0.25, 0.3) is 0 Å². The van der Waals surface area contributed by atoms with Crippen LogP contribution in [0.3, 0.4) is 0 Å². The van der Waals surface area contributed by atoms with Gasteiger partial charge in [-0.2, -0.15) is 4.98 Å². The van der Waals surface area contributed by atoms with E-state index >= 15 is 0 Å². The van der Waals surface area contributed by atoms with Gasteiger partial charge in [0.15, 0.2) is 5.82 Å². The van der Waals surface area contributed by atoms with Crippen LogP contribution in [-0.4, -0.2) is 28.5 Å². The summed E-state index contributed by atoms with van der Waals surface area (Å²) < 4.78 is 15.6. The van der Waals surface area contributed by atoms with Gasteiger partial charge in [0.1, 0.15) is 6.26 Å². The SMILES string of the molecule is c1cc(Cc2noc(C3CC34CCOC4)n2)no1. The summed E-state index contributed by atoms with van der Waals surface area (Å²) in [5.74, 6) is 1.80. The molecule has 18 heavy (non-hydrogen) atoms. The van der Waals surface area contributed by atoms with Gasteiger partial charge < -0.3 is 13.8 Å². The molecule has 0 aromatic carbocycles. The summed E-state index contributed by atoms with van der Waals surface area (Å²) in [6, 6.07) is 1.81. The van der Waals surface area contributed by atoms with E-state index in [1.54, 1.807) is 12.3 Å². The van der Waals surface area contributed by atoms with Crippen molar-refractivity contribution in [1.29, 1.82) is 0 Å². The minimum Gasteiger partial charge on any atom is -0.381 e. The zero-order valence-electron chi connectivity index (χ0n) is 9.83. The molecule has 1 spiro atoms. The van der Waals surface area contributed by atoms with Crippen LogP contribution in [0.2, 0.25) is 0 Å². The first-order chi connectivity index (χ1) is 8.86. The van der Waals surface area contributed by atoms with Crippen LogP contribution in [0.1, 0.15) is 36.2 Å². The van der Waals surface area contributed by atoms with Gasteiger partial charge in [-0.3, -0.25) is 0 Å². The average molecular weight is 247 g/mol. The van der Waals surface area contributed by atoms with Gasteiger partial charge in [0.2, 0.25) is 5.89 Å². The molecule has 0 bridgehead atoms. The molecular formula is C12H13N3O3. The Kier molecular flexibility index (Phi) is 2.08. The fourth-order valence-corrected chi connectivity index (χ4v) is 2.73. The highest BCUT2D eigenvalue weighted by Gasteiger charge is 2.59. The largest absolute Gasteiger partial charge is 0.381 e. The molecule has 0 radical (unpaired) electrons. The summed E-state index contributed by atoms with van der Waals surface area (Å²) in [7, 11) is 0. The van der Waals surface area contributed by atoms with Crippen LogP contribution in [0.5, 0.6) is 0 Å². The molecule has 6 heteroatoms. The van der Waals surface area contributed by atoms with E-state index in [0.29, 0.717) is 18.2 Å². The summed E-state index contributed by atoms with van der Waals surface area (Å²) in [5, 5.41) is 7.83. The molecule has 2 aliphatic rings. The molecule has 94 valence electrons. The normalized spacial score (nSPS) is 30.1. The van der Waals surface area contributed by atoms with Crippen molar-refractivity contribution in [3.8, 4) is 0 Å². The van der Waals surface area contributed by atoms with Crippen molar-refractivity contribution in [2.75, 3.05) is 13.2 Å². The average Bonchev–Trinajstić information content (AvgIpc) is 2.87. The Bertz CT molecular complexity index is 543. The lowest BCUT2D eigenvalue weighted by atomic mass is 10.0. The van der Waals surface area contributed by atoms with Crippen LogP contribution in [0.4, 0.5) is 0 Å². The van der Waals surface area contributed by atoms with Crippen molar-refractivity contribution in [3.63, 3.8) is 0 Å². The molecule has 2 fully saturated rings. The van der Waals surface area contributed by atoms with Crippen molar-refractivity contribution in [2.24, 2.45) is 5.41 Å². The quantitative estimate of drug-likeness (QED) is 0.819. The van der Waals surface area contributed by atoms with E-state index in [1.807, 2.05) is 0 Å². The molecule has 1 aliphatic carbocycles. The second kappa shape index (κ2) is 3.65. The minimum absolute atomic E-state index is 0.289. The third-order valence-corrected chi connectivity index (χ3v) is 3.94. The molecule has 3 heterocycles. The maximum Gasteiger partial charge on any atom is 0.230 e. The molecule has 1 saturated heterocycles. The zero-order chi connectivity index (χ0) is 12.0. The van der Waals surface area contributed by atoms with E-state index < -0.39 is 0 Å². The highest BCUT2D eigenvalue weighted by Crippen LogP contribution is 2.63. The summed E-state index contributed by atoms with van der Waals surface area (Å²) in [6.07, 6.45) is 4.32. The molecule has 1 aliphatic heterocycles. The van der Waals surface area contributed by atoms with E-state index in [-0.39, 0.29) is 5.41 Å². The van der Waals surface area contributed by atoms with E-state index in [1.165, 1.54) is 0 Å².